The lowest BCUT2D eigenvalue weighted by molar-refractivity contribution is 0.0950. The number of nitrogens with zero attached hydrogens (tertiary/aromatic N) is 1. The molecule has 0 saturated carbocycles. The lowest BCUT2D eigenvalue weighted by Gasteiger charge is -2.08. The monoisotopic (exact) mass is 306 g/mol. The highest BCUT2D eigenvalue weighted by Crippen LogP contribution is 2.19. The second-order valence-electron chi connectivity index (χ2n) is 4.23. The Labute approximate surface area is 127 Å². The van der Waals surface area contributed by atoms with Crippen molar-refractivity contribution < 1.29 is 9.53 Å². The molecule has 1 aromatic heterocycles. The molecular weight excluding hydrogens is 292 g/mol. The molecule has 0 atom stereocenters. The van der Waals surface area contributed by atoms with Crippen LogP contribution in [0.25, 0.3) is 0 Å². The fraction of sp³-hybridized carbons (Fsp3) is 0.143. The highest BCUT2D eigenvalue weighted by Gasteiger charge is 2.09. The van der Waals surface area contributed by atoms with Crippen LogP contribution in [0.5, 0.6) is 5.75 Å². The number of nitrogens with two attached hydrogens (primary N) is 1. The van der Waals surface area contributed by atoms with Gasteiger partial charge in [-0.2, -0.15) is 0 Å². The molecular formula is C14H15ClN4O2. The summed E-state index contributed by atoms with van der Waals surface area (Å²) in [7, 11) is 1.60. The van der Waals surface area contributed by atoms with Crippen LogP contribution in [-0.2, 0) is 6.54 Å². The minimum Gasteiger partial charge on any atom is -0.497 e. The maximum absolute atomic E-state index is 12.0. The third kappa shape index (κ3) is 3.84. The van der Waals surface area contributed by atoms with Gasteiger partial charge in [-0.05, 0) is 23.8 Å². The van der Waals surface area contributed by atoms with E-state index in [4.69, 9.17) is 22.2 Å². The quantitative estimate of drug-likeness (QED) is 0.580. The summed E-state index contributed by atoms with van der Waals surface area (Å²) in [5.41, 5.74) is 3.64. The number of anilines is 1. The van der Waals surface area contributed by atoms with Crippen LogP contribution in [0.4, 0.5) is 5.82 Å². The Morgan fingerprint density at radius 2 is 2.24 bits per heavy atom. The summed E-state index contributed by atoms with van der Waals surface area (Å²) in [4.78, 5) is 16.0. The first-order chi connectivity index (χ1) is 10.1. The smallest absolute Gasteiger partial charge is 0.253 e. The van der Waals surface area contributed by atoms with E-state index in [1.807, 2.05) is 24.3 Å². The van der Waals surface area contributed by atoms with Gasteiger partial charge in [0.05, 0.1) is 17.7 Å². The zero-order chi connectivity index (χ0) is 15.2. The molecule has 4 N–H and O–H groups in total. The van der Waals surface area contributed by atoms with Gasteiger partial charge in [0.15, 0.2) is 5.82 Å². The van der Waals surface area contributed by atoms with Crippen LogP contribution in [0.2, 0.25) is 5.02 Å². The highest BCUT2D eigenvalue weighted by atomic mass is 35.5. The number of aromatic nitrogens is 1. The number of hydrogen-bond acceptors (Lipinski definition) is 5. The summed E-state index contributed by atoms with van der Waals surface area (Å²) in [6, 6.07) is 8.96. The molecule has 1 amide bonds. The molecule has 0 saturated heterocycles. The fourth-order valence-corrected chi connectivity index (χ4v) is 1.96. The summed E-state index contributed by atoms with van der Waals surface area (Å²) in [5.74, 6) is 6.02. The first-order valence-electron chi connectivity index (χ1n) is 6.17. The SMILES string of the molecule is COc1cccc(CNC(=O)c2cnc(NN)c(Cl)c2)c1. The Hall–Kier alpha value is -2.31. The molecule has 21 heavy (non-hydrogen) atoms. The molecule has 0 aliphatic carbocycles. The Kier molecular flexibility index (Phi) is 4.97. The minimum atomic E-state index is -0.268. The maximum atomic E-state index is 12.0. The van der Waals surface area contributed by atoms with Gasteiger partial charge in [0.1, 0.15) is 5.75 Å². The molecule has 1 aromatic carbocycles. The normalized spacial score (nSPS) is 10.0. The van der Waals surface area contributed by atoms with Crippen molar-refractivity contribution in [1.29, 1.82) is 0 Å². The van der Waals surface area contributed by atoms with Gasteiger partial charge in [-0.3, -0.25) is 4.79 Å². The third-order valence-corrected chi connectivity index (χ3v) is 3.12. The third-order valence-electron chi connectivity index (χ3n) is 2.83. The topological polar surface area (TPSA) is 89.3 Å². The molecule has 0 spiro atoms. The summed E-state index contributed by atoms with van der Waals surface area (Å²) >= 11 is 5.93. The molecule has 2 rings (SSSR count). The largest absolute Gasteiger partial charge is 0.497 e. The van der Waals surface area contributed by atoms with E-state index in [1.165, 1.54) is 12.3 Å². The Morgan fingerprint density at radius 3 is 2.90 bits per heavy atom. The number of rotatable bonds is 5. The fourth-order valence-electron chi connectivity index (χ4n) is 1.74. The Bertz CT molecular complexity index is 649. The Morgan fingerprint density at radius 1 is 1.43 bits per heavy atom. The summed E-state index contributed by atoms with van der Waals surface area (Å²) in [6.45, 7) is 0.380. The van der Waals surface area contributed by atoms with E-state index in [0.717, 1.165) is 11.3 Å². The summed E-state index contributed by atoms with van der Waals surface area (Å²) in [5, 5.41) is 3.07. The number of pyridine rings is 1. The van der Waals surface area contributed by atoms with Crippen LogP contribution in [0.1, 0.15) is 15.9 Å². The number of carbonyl (C=O) groups excluding carboxylic acids is 1. The number of hydrazine groups is 1. The highest BCUT2D eigenvalue weighted by molar-refractivity contribution is 6.33. The lowest BCUT2D eigenvalue weighted by atomic mass is 10.2. The molecule has 0 fully saturated rings. The standard InChI is InChI=1S/C14H15ClN4O2/c1-21-11-4-2-3-9(5-11)7-18-14(20)10-6-12(15)13(19-16)17-8-10/h2-6,8H,7,16H2,1H3,(H,17,19)(H,18,20). The molecule has 0 aliphatic heterocycles. The van der Waals surface area contributed by atoms with Crippen LogP contribution in [0, 0.1) is 0 Å². The van der Waals surface area contributed by atoms with Crippen molar-refractivity contribution >= 4 is 23.3 Å². The van der Waals surface area contributed by atoms with E-state index in [1.54, 1.807) is 7.11 Å². The number of carbonyl (C=O) groups is 1. The van der Waals surface area contributed by atoms with Crippen LogP contribution in [0.3, 0.4) is 0 Å². The van der Waals surface area contributed by atoms with Gasteiger partial charge in [-0.15, -0.1) is 0 Å². The van der Waals surface area contributed by atoms with Gasteiger partial charge >= 0.3 is 0 Å². The minimum absolute atomic E-state index is 0.268. The number of hydrogen-bond donors (Lipinski definition) is 3. The van der Waals surface area contributed by atoms with E-state index in [0.29, 0.717) is 17.9 Å². The zero-order valence-corrected chi connectivity index (χ0v) is 12.1. The molecule has 0 unspecified atom stereocenters. The number of methoxy groups -OCH3 is 1. The van der Waals surface area contributed by atoms with Gasteiger partial charge in [-0.25, -0.2) is 10.8 Å². The van der Waals surface area contributed by atoms with E-state index >= 15 is 0 Å². The van der Waals surface area contributed by atoms with Gasteiger partial charge in [0.25, 0.3) is 5.91 Å². The van der Waals surface area contributed by atoms with Crippen LogP contribution < -0.4 is 21.3 Å². The predicted octanol–water partition coefficient (Wildman–Crippen LogP) is 1.96. The molecule has 0 radical (unpaired) electrons. The molecule has 0 bridgehead atoms. The van der Waals surface area contributed by atoms with Crippen molar-refractivity contribution in [3.63, 3.8) is 0 Å². The molecule has 1 heterocycles. The van der Waals surface area contributed by atoms with Gasteiger partial charge < -0.3 is 15.5 Å². The lowest BCUT2D eigenvalue weighted by Crippen LogP contribution is -2.23. The first kappa shape index (κ1) is 15.1. The predicted molar refractivity (Wildman–Crippen MR) is 81.2 cm³/mol. The van der Waals surface area contributed by atoms with Crippen molar-refractivity contribution in [1.82, 2.24) is 10.3 Å². The van der Waals surface area contributed by atoms with Gasteiger partial charge in [0.2, 0.25) is 0 Å². The number of amides is 1. The average Bonchev–Trinajstić information content (AvgIpc) is 2.52. The summed E-state index contributed by atoms with van der Waals surface area (Å²) < 4.78 is 5.13. The number of ether oxygens (including phenoxy) is 1. The van der Waals surface area contributed by atoms with E-state index in [2.05, 4.69) is 15.7 Å². The molecule has 0 aliphatic rings. The van der Waals surface area contributed by atoms with E-state index in [-0.39, 0.29) is 10.9 Å². The first-order valence-corrected chi connectivity index (χ1v) is 6.55. The van der Waals surface area contributed by atoms with E-state index < -0.39 is 0 Å². The van der Waals surface area contributed by atoms with Crippen molar-refractivity contribution in [3.8, 4) is 5.75 Å². The maximum Gasteiger partial charge on any atom is 0.253 e. The second kappa shape index (κ2) is 6.92. The van der Waals surface area contributed by atoms with Crippen LogP contribution in [-0.4, -0.2) is 18.0 Å². The van der Waals surface area contributed by atoms with Gasteiger partial charge in [-0.1, -0.05) is 23.7 Å². The van der Waals surface area contributed by atoms with Crippen molar-refractivity contribution in [3.05, 3.63) is 52.7 Å². The van der Waals surface area contributed by atoms with E-state index in [9.17, 15) is 4.79 Å². The zero-order valence-electron chi connectivity index (χ0n) is 11.4. The number of halogens is 1. The Balaban J connectivity index is 2.02. The molecule has 2 aromatic rings. The van der Waals surface area contributed by atoms with Gasteiger partial charge in [0, 0.05) is 12.7 Å². The second-order valence-corrected chi connectivity index (χ2v) is 4.64. The van der Waals surface area contributed by atoms with Crippen molar-refractivity contribution in [2.45, 2.75) is 6.54 Å². The number of nitrogen functional groups attached to an aromatic ring is 1. The number of nitrogens with one attached hydrogen (secondary N) is 2. The molecule has 7 heteroatoms. The van der Waals surface area contributed by atoms with Crippen molar-refractivity contribution in [2.24, 2.45) is 5.84 Å². The summed E-state index contributed by atoms with van der Waals surface area (Å²) in [6.07, 6.45) is 1.40. The van der Waals surface area contributed by atoms with Crippen LogP contribution in [0.15, 0.2) is 36.5 Å². The number of benzene rings is 1. The molecule has 6 nitrogen and oxygen atoms in total. The molecule has 110 valence electrons. The van der Waals surface area contributed by atoms with Crippen molar-refractivity contribution in [2.75, 3.05) is 12.5 Å². The van der Waals surface area contributed by atoms with Crippen LogP contribution >= 0.6 is 11.6 Å². The average molecular weight is 307 g/mol.